The van der Waals surface area contributed by atoms with Gasteiger partial charge in [-0.2, -0.15) is 0 Å². The van der Waals surface area contributed by atoms with Crippen LogP contribution in [0.4, 0.5) is 4.79 Å². The van der Waals surface area contributed by atoms with Gasteiger partial charge < -0.3 is 20.5 Å². The average molecular weight is 304 g/mol. The lowest BCUT2D eigenvalue weighted by molar-refractivity contribution is 0.231. The average Bonchev–Trinajstić information content (AvgIpc) is 2.99. The molecule has 5 heteroatoms. The monoisotopic (exact) mass is 304 g/mol. The third-order valence-corrected chi connectivity index (χ3v) is 3.81. The highest BCUT2D eigenvalue weighted by Crippen LogP contribution is 2.16. The minimum Gasteiger partial charge on any atom is -0.497 e. The number of urea groups is 1. The molecule has 0 radical (unpaired) electrons. The number of rotatable bonds is 7. The fourth-order valence-electron chi connectivity index (χ4n) is 2.52. The summed E-state index contributed by atoms with van der Waals surface area (Å²) in [5.41, 5.74) is 1.23. The third kappa shape index (κ3) is 5.07. The van der Waals surface area contributed by atoms with E-state index in [0.29, 0.717) is 6.54 Å². The molecular weight excluding hydrogens is 280 g/mol. The van der Waals surface area contributed by atoms with Crippen LogP contribution in [-0.2, 0) is 6.42 Å². The van der Waals surface area contributed by atoms with Crippen molar-refractivity contribution in [3.8, 4) is 5.75 Å². The standard InChI is InChI=1S/C17H24N2O3/c1-22-16-8-5-13(6-9-16)3-2-10-18-17(21)19-15-7-4-14(11-15)12-20/h4-9,14-15,20H,2-3,10-12H2,1H3,(H2,18,19,21)/t14-,15+/m0/s1. The predicted octanol–water partition coefficient (Wildman–Crippen LogP) is 1.86. The Kier molecular flexibility index (Phi) is 6.27. The SMILES string of the molecule is COc1ccc(CCCNC(=O)N[C@@H]2C=C[C@H](CO)C2)cc1. The van der Waals surface area contributed by atoms with Gasteiger partial charge in [0.2, 0.25) is 0 Å². The Morgan fingerprint density at radius 1 is 1.32 bits per heavy atom. The summed E-state index contributed by atoms with van der Waals surface area (Å²) in [7, 11) is 1.65. The van der Waals surface area contributed by atoms with E-state index in [4.69, 9.17) is 9.84 Å². The first kappa shape index (κ1) is 16.4. The molecule has 2 atom stereocenters. The van der Waals surface area contributed by atoms with Crippen LogP contribution in [0, 0.1) is 5.92 Å². The highest BCUT2D eigenvalue weighted by atomic mass is 16.5. The number of benzene rings is 1. The van der Waals surface area contributed by atoms with Crippen molar-refractivity contribution in [2.24, 2.45) is 5.92 Å². The molecule has 0 aliphatic heterocycles. The molecule has 0 spiro atoms. The van der Waals surface area contributed by atoms with Gasteiger partial charge in [0.1, 0.15) is 5.75 Å². The summed E-state index contributed by atoms with van der Waals surface area (Å²) in [4.78, 5) is 11.8. The van der Waals surface area contributed by atoms with E-state index < -0.39 is 0 Å². The fraction of sp³-hybridized carbons (Fsp3) is 0.471. The Morgan fingerprint density at radius 2 is 2.09 bits per heavy atom. The Bertz CT molecular complexity index is 499. The van der Waals surface area contributed by atoms with Crippen LogP contribution in [0.15, 0.2) is 36.4 Å². The Labute approximate surface area is 131 Å². The van der Waals surface area contributed by atoms with Crippen LogP contribution in [0.1, 0.15) is 18.4 Å². The first-order valence-corrected chi connectivity index (χ1v) is 7.67. The second kappa shape index (κ2) is 8.44. The number of aliphatic hydroxyl groups is 1. The number of carbonyl (C=O) groups is 1. The zero-order chi connectivity index (χ0) is 15.8. The maximum Gasteiger partial charge on any atom is 0.315 e. The van der Waals surface area contributed by atoms with Gasteiger partial charge in [0.15, 0.2) is 0 Å². The number of hydrogen-bond donors (Lipinski definition) is 3. The topological polar surface area (TPSA) is 70.6 Å². The maximum absolute atomic E-state index is 11.8. The Balaban J connectivity index is 1.60. The molecule has 0 heterocycles. The van der Waals surface area contributed by atoms with E-state index in [9.17, 15) is 4.79 Å². The summed E-state index contributed by atoms with van der Waals surface area (Å²) in [6.07, 6.45) is 6.47. The van der Waals surface area contributed by atoms with Gasteiger partial charge in [-0.3, -0.25) is 0 Å². The molecule has 2 rings (SSSR count). The van der Waals surface area contributed by atoms with Crippen molar-refractivity contribution in [3.05, 3.63) is 42.0 Å². The van der Waals surface area contributed by atoms with Crippen molar-refractivity contribution in [2.75, 3.05) is 20.3 Å². The molecule has 1 aromatic rings. The van der Waals surface area contributed by atoms with Gasteiger partial charge in [0.05, 0.1) is 7.11 Å². The van der Waals surface area contributed by atoms with Gasteiger partial charge in [-0.15, -0.1) is 0 Å². The van der Waals surface area contributed by atoms with Crippen molar-refractivity contribution in [1.82, 2.24) is 10.6 Å². The summed E-state index contributed by atoms with van der Waals surface area (Å²) in [6, 6.07) is 7.84. The number of ether oxygens (including phenoxy) is 1. The van der Waals surface area contributed by atoms with Gasteiger partial charge in [0.25, 0.3) is 0 Å². The lowest BCUT2D eigenvalue weighted by Crippen LogP contribution is -2.41. The van der Waals surface area contributed by atoms with Crippen LogP contribution in [0.2, 0.25) is 0 Å². The van der Waals surface area contributed by atoms with E-state index in [2.05, 4.69) is 10.6 Å². The number of aliphatic hydroxyl groups excluding tert-OH is 1. The van der Waals surface area contributed by atoms with E-state index in [-0.39, 0.29) is 24.6 Å². The summed E-state index contributed by atoms with van der Waals surface area (Å²) < 4.78 is 5.12. The van der Waals surface area contributed by atoms with Crippen molar-refractivity contribution in [1.29, 1.82) is 0 Å². The molecule has 1 aliphatic rings. The molecule has 5 nitrogen and oxygen atoms in total. The molecular formula is C17H24N2O3. The van der Waals surface area contributed by atoms with Crippen LogP contribution >= 0.6 is 0 Å². The molecule has 1 aliphatic carbocycles. The predicted molar refractivity (Wildman–Crippen MR) is 86.0 cm³/mol. The van der Waals surface area contributed by atoms with E-state index in [1.54, 1.807) is 7.11 Å². The third-order valence-electron chi connectivity index (χ3n) is 3.81. The lowest BCUT2D eigenvalue weighted by atomic mass is 10.1. The highest BCUT2D eigenvalue weighted by molar-refractivity contribution is 5.74. The van der Waals surface area contributed by atoms with Crippen molar-refractivity contribution in [2.45, 2.75) is 25.3 Å². The van der Waals surface area contributed by atoms with E-state index >= 15 is 0 Å². The van der Waals surface area contributed by atoms with Crippen LogP contribution in [0.3, 0.4) is 0 Å². The summed E-state index contributed by atoms with van der Waals surface area (Å²) in [5, 5.41) is 14.8. The molecule has 2 amide bonds. The smallest absolute Gasteiger partial charge is 0.315 e. The first-order chi connectivity index (χ1) is 10.7. The van der Waals surface area contributed by atoms with Crippen molar-refractivity contribution < 1.29 is 14.6 Å². The van der Waals surface area contributed by atoms with Crippen LogP contribution in [0.5, 0.6) is 5.75 Å². The number of amides is 2. The largest absolute Gasteiger partial charge is 0.497 e. The van der Waals surface area contributed by atoms with Gasteiger partial charge in [0, 0.05) is 25.1 Å². The summed E-state index contributed by atoms with van der Waals surface area (Å²) in [6.45, 7) is 0.774. The Morgan fingerprint density at radius 3 is 2.73 bits per heavy atom. The van der Waals surface area contributed by atoms with Gasteiger partial charge in [-0.1, -0.05) is 24.3 Å². The summed E-state index contributed by atoms with van der Waals surface area (Å²) >= 11 is 0. The lowest BCUT2D eigenvalue weighted by Gasteiger charge is -2.13. The zero-order valence-corrected chi connectivity index (χ0v) is 12.9. The van der Waals surface area contributed by atoms with Crippen molar-refractivity contribution >= 4 is 6.03 Å². The normalized spacial score (nSPS) is 19.9. The maximum atomic E-state index is 11.8. The van der Waals surface area contributed by atoms with Gasteiger partial charge >= 0.3 is 6.03 Å². The molecule has 0 saturated carbocycles. The molecule has 1 aromatic carbocycles. The molecule has 120 valence electrons. The number of hydrogen-bond acceptors (Lipinski definition) is 3. The number of carbonyl (C=O) groups excluding carboxylic acids is 1. The van der Waals surface area contributed by atoms with E-state index in [1.165, 1.54) is 5.56 Å². The molecule has 0 saturated heterocycles. The van der Waals surface area contributed by atoms with E-state index in [1.807, 2.05) is 36.4 Å². The van der Waals surface area contributed by atoms with Gasteiger partial charge in [-0.25, -0.2) is 4.79 Å². The van der Waals surface area contributed by atoms with E-state index in [0.717, 1.165) is 25.0 Å². The highest BCUT2D eigenvalue weighted by Gasteiger charge is 2.19. The molecule has 3 N–H and O–H groups in total. The zero-order valence-electron chi connectivity index (χ0n) is 12.9. The number of aryl methyl sites for hydroxylation is 1. The quantitative estimate of drug-likeness (QED) is 0.532. The van der Waals surface area contributed by atoms with Crippen LogP contribution < -0.4 is 15.4 Å². The molecule has 0 fully saturated rings. The van der Waals surface area contributed by atoms with Crippen molar-refractivity contribution in [3.63, 3.8) is 0 Å². The molecule has 0 aromatic heterocycles. The van der Waals surface area contributed by atoms with Gasteiger partial charge in [-0.05, 0) is 37.0 Å². The summed E-state index contributed by atoms with van der Waals surface area (Å²) in [5.74, 6) is 1.02. The Hall–Kier alpha value is -2.01. The second-order valence-electron chi connectivity index (χ2n) is 5.52. The second-order valence-corrected chi connectivity index (χ2v) is 5.52. The minimum absolute atomic E-state index is 0.0266. The van der Waals surface area contributed by atoms with Crippen LogP contribution in [-0.4, -0.2) is 37.4 Å². The fourth-order valence-corrected chi connectivity index (χ4v) is 2.52. The minimum atomic E-state index is -0.150. The first-order valence-electron chi connectivity index (χ1n) is 7.67. The molecule has 22 heavy (non-hydrogen) atoms. The van der Waals surface area contributed by atoms with Crippen LogP contribution in [0.25, 0.3) is 0 Å². The number of methoxy groups -OCH3 is 1. The number of nitrogens with one attached hydrogen (secondary N) is 2. The molecule has 0 unspecified atom stereocenters. The molecule has 0 bridgehead atoms.